The van der Waals surface area contributed by atoms with Gasteiger partial charge in [-0.05, 0) is 17.7 Å². The Labute approximate surface area is 118 Å². The van der Waals surface area contributed by atoms with Crippen molar-refractivity contribution < 1.29 is 27.4 Å². The van der Waals surface area contributed by atoms with Gasteiger partial charge in [0, 0.05) is 5.56 Å². The van der Waals surface area contributed by atoms with Gasteiger partial charge in [0.05, 0.1) is 12.7 Å². The van der Waals surface area contributed by atoms with Gasteiger partial charge >= 0.3 is 6.18 Å². The Kier molecular flexibility index (Phi) is 4.18. The molecule has 2 nitrogen and oxygen atoms in total. The lowest BCUT2D eigenvalue weighted by molar-refractivity contribution is -0.137. The van der Waals surface area contributed by atoms with E-state index in [1.54, 1.807) is 18.2 Å². The summed E-state index contributed by atoms with van der Waals surface area (Å²) in [7, 11) is 1.07. The number of halogens is 4. The van der Waals surface area contributed by atoms with E-state index < -0.39 is 35.0 Å². The van der Waals surface area contributed by atoms with Crippen molar-refractivity contribution in [2.24, 2.45) is 0 Å². The molecule has 0 spiro atoms. The molecule has 0 amide bonds. The zero-order valence-electron chi connectivity index (χ0n) is 11.0. The largest absolute Gasteiger partial charge is 0.494 e. The van der Waals surface area contributed by atoms with Crippen LogP contribution in [0.5, 0.6) is 5.75 Å². The molecule has 0 aromatic heterocycles. The molecule has 0 fully saturated rings. The van der Waals surface area contributed by atoms with Crippen LogP contribution in [-0.4, -0.2) is 12.2 Å². The summed E-state index contributed by atoms with van der Waals surface area (Å²) in [6.07, 6.45) is -6.17. The van der Waals surface area contributed by atoms with Crippen LogP contribution in [0, 0.1) is 5.82 Å². The third-order valence-electron chi connectivity index (χ3n) is 3.02. The molecule has 2 aromatic carbocycles. The molecule has 1 unspecified atom stereocenters. The second-order valence-corrected chi connectivity index (χ2v) is 4.39. The van der Waals surface area contributed by atoms with Gasteiger partial charge in [0.2, 0.25) is 0 Å². The van der Waals surface area contributed by atoms with Crippen LogP contribution in [0.3, 0.4) is 0 Å². The molecule has 21 heavy (non-hydrogen) atoms. The zero-order valence-corrected chi connectivity index (χ0v) is 11.0. The van der Waals surface area contributed by atoms with Gasteiger partial charge in [-0.1, -0.05) is 30.3 Å². The molecule has 2 rings (SSSR count). The van der Waals surface area contributed by atoms with E-state index in [2.05, 4.69) is 4.74 Å². The fourth-order valence-corrected chi connectivity index (χ4v) is 1.95. The highest BCUT2D eigenvalue weighted by molar-refractivity contribution is 5.41. The first-order valence-electron chi connectivity index (χ1n) is 6.02. The first-order chi connectivity index (χ1) is 9.84. The lowest BCUT2D eigenvalue weighted by Crippen LogP contribution is -2.10. The fraction of sp³-hybridized carbons (Fsp3) is 0.200. The highest BCUT2D eigenvalue weighted by atomic mass is 19.4. The lowest BCUT2D eigenvalue weighted by Gasteiger charge is -2.17. The summed E-state index contributed by atoms with van der Waals surface area (Å²) in [5.74, 6) is -1.57. The minimum atomic E-state index is -4.66. The predicted molar refractivity (Wildman–Crippen MR) is 68.5 cm³/mol. The summed E-state index contributed by atoms with van der Waals surface area (Å²) in [4.78, 5) is 0. The number of hydrogen-bond donors (Lipinski definition) is 1. The van der Waals surface area contributed by atoms with E-state index in [0.717, 1.165) is 7.11 Å². The van der Waals surface area contributed by atoms with Gasteiger partial charge in [-0.25, -0.2) is 4.39 Å². The van der Waals surface area contributed by atoms with Crippen molar-refractivity contribution in [1.29, 1.82) is 0 Å². The fourth-order valence-electron chi connectivity index (χ4n) is 1.95. The van der Waals surface area contributed by atoms with Crippen molar-refractivity contribution in [3.05, 3.63) is 65.0 Å². The van der Waals surface area contributed by atoms with Crippen LogP contribution in [0.15, 0.2) is 42.5 Å². The van der Waals surface area contributed by atoms with Crippen molar-refractivity contribution in [2.75, 3.05) is 7.11 Å². The molecule has 112 valence electrons. The molecule has 0 heterocycles. The highest BCUT2D eigenvalue weighted by Crippen LogP contribution is 2.37. The van der Waals surface area contributed by atoms with E-state index in [4.69, 9.17) is 0 Å². The quantitative estimate of drug-likeness (QED) is 0.870. The standard InChI is InChI=1S/C15H12F4O2/c1-21-12-8-10(15(17,18)19)7-11(13(12)16)14(20)9-5-3-2-4-6-9/h2-8,14,20H,1H3. The van der Waals surface area contributed by atoms with Crippen LogP contribution in [0.25, 0.3) is 0 Å². The molecule has 1 atom stereocenters. The van der Waals surface area contributed by atoms with E-state index in [0.29, 0.717) is 12.1 Å². The van der Waals surface area contributed by atoms with Gasteiger partial charge in [0.15, 0.2) is 11.6 Å². The first-order valence-corrected chi connectivity index (χ1v) is 6.02. The van der Waals surface area contributed by atoms with E-state index >= 15 is 0 Å². The van der Waals surface area contributed by atoms with E-state index in [1.165, 1.54) is 12.1 Å². The summed E-state index contributed by atoms with van der Waals surface area (Å²) in [5.41, 5.74) is -1.27. The van der Waals surface area contributed by atoms with Gasteiger partial charge in [-0.3, -0.25) is 0 Å². The van der Waals surface area contributed by atoms with Crippen molar-refractivity contribution >= 4 is 0 Å². The molecule has 2 aromatic rings. The average molecular weight is 300 g/mol. The van der Waals surface area contributed by atoms with Crippen LogP contribution >= 0.6 is 0 Å². The van der Waals surface area contributed by atoms with Crippen molar-refractivity contribution in [2.45, 2.75) is 12.3 Å². The molecular formula is C15H12F4O2. The Morgan fingerprint density at radius 1 is 1.10 bits per heavy atom. The van der Waals surface area contributed by atoms with Crippen LogP contribution in [-0.2, 0) is 6.18 Å². The van der Waals surface area contributed by atoms with Gasteiger partial charge in [-0.2, -0.15) is 13.2 Å². The monoisotopic (exact) mass is 300 g/mol. The van der Waals surface area contributed by atoms with E-state index in [9.17, 15) is 22.7 Å². The number of ether oxygens (including phenoxy) is 1. The van der Waals surface area contributed by atoms with Gasteiger partial charge < -0.3 is 9.84 Å². The van der Waals surface area contributed by atoms with Gasteiger partial charge in [0.25, 0.3) is 0 Å². The van der Waals surface area contributed by atoms with Gasteiger partial charge in [0.1, 0.15) is 6.10 Å². The minimum absolute atomic E-state index is 0.290. The highest BCUT2D eigenvalue weighted by Gasteiger charge is 2.33. The SMILES string of the molecule is COc1cc(C(F)(F)F)cc(C(O)c2ccccc2)c1F. The number of aliphatic hydroxyl groups excluding tert-OH is 1. The number of methoxy groups -OCH3 is 1. The Morgan fingerprint density at radius 2 is 1.71 bits per heavy atom. The van der Waals surface area contributed by atoms with Crippen LogP contribution in [0.4, 0.5) is 17.6 Å². The number of rotatable bonds is 3. The van der Waals surface area contributed by atoms with Crippen molar-refractivity contribution in [3.8, 4) is 5.75 Å². The summed E-state index contributed by atoms with van der Waals surface area (Å²) >= 11 is 0. The molecule has 6 heteroatoms. The second-order valence-electron chi connectivity index (χ2n) is 4.39. The molecule has 0 aliphatic carbocycles. The maximum Gasteiger partial charge on any atom is 0.416 e. The van der Waals surface area contributed by atoms with Crippen LogP contribution in [0.2, 0.25) is 0 Å². The molecule has 0 aliphatic heterocycles. The molecule has 0 aliphatic rings. The van der Waals surface area contributed by atoms with Crippen molar-refractivity contribution in [1.82, 2.24) is 0 Å². The molecule has 0 radical (unpaired) electrons. The third kappa shape index (κ3) is 3.16. The Balaban J connectivity index is 2.57. The smallest absolute Gasteiger partial charge is 0.416 e. The Morgan fingerprint density at radius 3 is 2.24 bits per heavy atom. The van der Waals surface area contributed by atoms with Crippen molar-refractivity contribution in [3.63, 3.8) is 0 Å². The topological polar surface area (TPSA) is 29.5 Å². The summed E-state index contributed by atoms with van der Waals surface area (Å²) < 4.78 is 57.2. The first kappa shape index (κ1) is 15.3. The number of hydrogen-bond acceptors (Lipinski definition) is 2. The Bertz CT molecular complexity index is 624. The number of alkyl halides is 3. The molecule has 1 N–H and O–H groups in total. The summed E-state index contributed by atoms with van der Waals surface area (Å²) in [6, 6.07) is 9.03. The number of aliphatic hydroxyl groups is 1. The maximum absolute atomic E-state index is 14.1. The summed E-state index contributed by atoms with van der Waals surface area (Å²) in [5, 5.41) is 10.1. The normalized spacial score (nSPS) is 13.0. The molecule has 0 saturated carbocycles. The predicted octanol–water partition coefficient (Wildman–Crippen LogP) is 3.93. The Hall–Kier alpha value is -2.08. The van der Waals surface area contributed by atoms with E-state index in [-0.39, 0.29) is 5.56 Å². The molecule has 0 saturated heterocycles. The third-order valence-corrected chi connectivity index (χ3v) is 3.02. The minimum Gasteiger partial charge on any atom is -0.494 e. The van der Waals surface area contributed by atoms with Gasteiger partial charge in [-0.15, -0.1) is 0 Å². The lowest BCUT2D eigenvalue weighted by atomic mass is 9.98. The maximum atomic E-state index is 14.1. The summed E-state index contributed by atoms with van der Waals surface area (Å²) in [6.45, 7) is 0. The zero-order chi connectivity index (χ0) is 15.6. The number of benzene rings is 2. The molecular weight excluding hydrogens is 288 g/mol. The van der Waals surface area contributed by atoms with Crippen LogP contribution < -0.4 is 4.74 Å². The van der Waals surface area contributed by atoms with Crippen LogP contribution in [0.1, 0.15) is 22.8 Å². The van der Waals surface area contributed by atoms with E-state index in [1.807, 2.05) is 0 Å². The molecule has 0 bridgehead atoms. The second kappa shape index (κ2) is 5.73. The average Bonchev–Trinajstić information content (AvgIpc) is 2.46.